The Kier molecular flexibility index (Phi) is 3.04. The molecule has 2 rings (SSSR count). The van der Waals surface area contributed by atoms with E-state index in [1.807, 2.05) is 6.07 Å². The SMILES string of the molecule is N#Cc1ccnc(NCc2ccncn2)c1. The summed E-state index contributed by atoms with van der Waals surface area (Å²) in [5.74, 6) is 0.665. The van der Waals surface area contributed by atoms with Gasteiger partial charge in [-0.2, -0.15) is 5.26 Å². The largest absolute Gasteiger partial charge is 0.364 e. The van der Waals surface area contributed by atoms with Gasteiger partial charge in [0, 0.05) is 12.4 Å². The normalized spacial score (nSPS) is 9.44. The molecule has 16 heavy (non-hydrogen) atoms. The number of aromatic nitrogens is 3. The molecule has 5 heteroatoms. The monoisotopic (exact) mass is 211 g/mol. The number of hydrogen-bond acceptors (Lipinski definition) is 5. The van der Waals surface area contributed by atoms with Gasteiger partial charge in [0.1, 0.15) is 12.1 Å². The fourth-order valence-electron chi connectivity index (χ4n) is 1.20. The van der Waals surface area contributed by atoms with Gasteiger partial charge in [-0.25, -0.2) is 15.0 Å². The lowest BCUT2D eigenvalue weighted by Gasteiger charge is -2.04. The van der Waals surface area contributed by atoms with Gasteiger partial charge in [-0.15, -0.1) is 0 Å². The van der Waals surface area contributed by atoms with Gasteiger partial charge in [0.25, 0.3) is 0 Å². The number of nitrogens with one attached hydrogen (secondary N) is 1. The predicted octanol–water partition coefficient (Wildman–Crippen LogP) is 1.36. The van der Waals surface area contributed by atoms with Gasteiger partial charge in [0.15, 0.2) is 0 Å². The number of pyridine rings is 1. The summed E-state index contributed by atoms with van der Waals surface area (Å²) in [6, 6.07) is 7.24. The van der Waals surface area contributed by atoms with Crippen LogP contribution in [0, 0.1) is 11.3 Å². The average Bonchev–Trinajstić information content (AvgIpc) is 2.38. The van der Waals surface area contributed by atoms with Crippen molar-refractivity contribution in [3.05, 3.63) is 48.2 Å². The molecule has 0 spiro atoms. The molecule has 1 N–H and O–H groups in total. The van der Waals surface area contributed by atoms with Gasteiger partial charge in [-0.1, -0.05) is 0 Å². The number of nitrogens with zero attached hydrogens (tertiary/aromatic N) is 4. The van der Waals surface area contributed by atoms with Crippen LogP contribution >= 0.6 is 0 Å². The van der Waals surface area contributed by atoms with Crippen LogP contribution in [0.3, 0.4) is 0 Å². The van der Waals surface area contributed by atoms with Crippen molar-refractivity contribution in [2.24, 2.45) is 0 Å². The third-order valence-electron chi connectivity index (χ3n) is 1.98. The molecular weight excluding hydrogens is 202 g/mol. The summed E-state index contributed by atoms with van der Waals surface area (Å²) in [5, 5.41) is 11.8. The number of nitriles is 1. The van der Waals surface area contributed by atoms with Crippen molar-refractivity contribution < 1.29 is 0 Å². The molecule has 0 aliphatic carbocycles. The lowest BCUT2D eigenvalue weighted by molar-refractivity contribution is 0.996. The predicted molar refractivity (Wildman–Crippen MR) is 58.3 cm³/mol. The first-order valence-corrected chi connectivity index (χ1v) is 4.73. The molecule has 2 aromatic rings. The minimum absolute atomic E-state index is 0.560. The van der Waals surface area contributed by atoms with E-state index in [0.717, 1.165) is 5.69 Å². The van der Waals surface area contributed by atoms with Crippen LogP contribution < -0.4 is 5.32 Å². The van der Waals surface area contributed by atoms with E-state index < -0.39 is 0 Å². The van der Waals surface area contributed by atoms with Gasteiger partial charge in [0.05, 0.1) is 23.9 Å². The molecule has 78 valence electrons. The molecule has 0 atom stereocenters. The Morgan fingerprint density at radius 1 is 1.25 bits per heavy atom. The van der Waals surface area contributed by atoms with E-state index in [0.29, 0.717) is 17.9 Å². The number of hydrogen-bond donors (Lipinski definition) is 1. The van der Waals surface area contributed by atoms with Gasteiger partial charge < -0.3 is 5.32 Å². The van der Waals surface area contributed by atoms with Gasteiger partial charge in [0.2, 0.25) is 0 Å². The van der Waals surface area contributed by atoms with Crippen LogP contribution in [0.4, 0.5) is 5.82 Å². The zero-order chi connectivity index (χ0) is 11.2. The molecule has 2 aromatic heterocycles. The van der Waals surface area contributed by atoms with E-state index in [9.17, 15) is 0 Å². The maximum atomic E-state index is 8.72. The summed E-state index contributed by atoms with van der Waals surface area (Å²) in [6.07, 6.45) is 4.78. The van der Waals surface area contributed by atoms with Crippen molar-refractivity contribution in [1.29, 1.82) is 5.26 Å². The first kappa shape index (κ1) is 10.1. The number of rotatable bonds is 3. The fraction of sp³-hybridized carbons (Fsp3) is 0.0909. The first-order chi connectivity index (χ1) is 7.88. The van der Waals surface area contributed by atoms with Crippen LogP contribution in [-0.4, -0.2) is 15.0 Å². The standard InChI is InChI=1S/C11H9N5/c12-6-9-1-4-14-11(5-9)15-7-10-2-3-13-8-16-10/h1-5,8H,7H2,(H,14,15). The second-order valence-electron chi connectivity index (χ2n) is 3.10. The zero-order valence-electron chi connectivity index (χ0n) is 8.46. The molecule has 0 aliphatic rings. The minimum Gasteiger partial charge on any atom is -0.364 e. The van der Waals surface area contributed by atoms with Crippen LogP contribution in [0.5, 0.6) is 0 Å². The molecule has 0 aromatic carbocycles. The van der Waals surface area contributed by atoms with E-state index in [2.05, 4.69) is 26.3 Å². The highest BCUT2D eigenvalue weighted by Crippen LogP contribution is 2.06. The van der Waals surface area contributed by atoms with Gasteiger partial charge >= 0.3 is 0 Å². The van der Waals surface area contributed by atoms with Crippen molar-refractivity contribution in [3.63, 3.8) is 0 Å². The van der Waals surface area contributed by atoms with Crippen molar-refractivity contribution in [3.8, 4) is 6.07 Å². The van der Waals surface area contributed by atoms with E-state index in [4.69, 9.17) is 5.26 Å². The minimum atomic E-state index is 0.560. The molecule has 2 heterocycles. The second-order valence-corrected chi connectivity index (χ2v) is 3.10. The Morgan fingerprint density at radius 2 is 2.19 bits per heavy atom. The van der Waals surface area contributed by atoms with Crippen LogP contribution in [0.2, 0.25) is 0 Å². The highest BCUT2D eigenvalue weighted by atomic mass is 15.0. The highest BCUT2D eigenvalue weighted by Gasteiger charge is 1.97. The topological polar surface area (TPSA) is 74.5 Å². The van der Waals surface area contributed by atoms with Crippen LogP contribution in [-0.2, 0) is 6.54 Å². The van der Waals surface area contributed by atoms with Gasteiger partial charge in [-0.3, -0.25) is 0 Å². The second kappa shape index (κ2) is 4.84. The maximum Gasteiger partial charge on any atom is 0.127 e. The summed E-state index contributed by atoms with van der Waals surface area (Å²) < 4.78 is 0. The van der Waals surface area contributed by atoms with E-state index >= 15 is 0 Å². The maximum absolute atomic E-state index is 8.72. The van der Waals surface area contributed by atoms with Gasteiger partial charge in [-0.05, 0) is 18.2 Å². The highest BCUT2D eigenvalue weighted by molar-refractivity contribution is 5.42. The van der Waals surface area contributed by atoms with E-state index in [-0.39, 0.29) is 0 Å². The van der Waals surface area contributed by atoms with E-state index in [1.165, 1.54) is 6.33 Å². The summed E-state index contributed by atoms with van der Waals surface area (Å²) >= 11 is 0. The molecular formula is C11H9N5. The van der Waals surface area contributed by atoms with Crippen molar-refractivity contribution >= 4 is 5.82 Å². The lowest BCUT2D eigenvalue weighted by atomic mass is 10.3. The molecule has 0 saturated heterocycles. The number of anilines is 1. The van der Waals surface area contributed by atoms with Crippen LogP contribution in [0.25, 0.3) is 0 Å². The zero-order valence-corrected chi connectivity index (χ0v) is 8.46. The summed E-state index contributed by atoms with van der Waals surface area (Å²) in [5.41, 5.74) is 1.46. The third-order valence-corrected chi connectivity index (χ3v) is 1.98. The molecule has 0 aliphatic heterocycles. The molecule has 0 bridgehead atoms. The Hall–Kier alpha value is -2.48. The molecule has 0 fully saturated rings. The van der Waals surface area contributed by atoms with Crippen molar-refractivity contribution in [2.75, 3.05) is 5.32 Å². The fourth-order valence-corrected chi connectivity index (χ4v) is 1.20. The molecule has 5 nitrogen and oxygen atoms in total. The Labute approximate surface area is 92.8 Å². The Bertz CT molecular complexity index is 503. The van der Waals surface area contributed by atoms with Crippen LogP contribution in [0.1, 0.15) is 11.3 Å². The van der Waals surface area contributed by atoms with Crippen molar-refractivity contribution in [1.82, 2.24) is 15.0 Å². The average molecular weight is 211 g/mol. The van der Waals surface area contributed by atoms with E-state index in [1.54, 1.807) is 24.5 Å². The summed E-state index contributed by atoms with van der Waals surface area (Å²) in [4.78, 5) is 12.0. The Balaban J connectivity index is 2.03. The summed E-state index contributed by atoms with van der Waals surface area (Å²) in [7, 11) is 0. The molecule has 0 radical (unpaired) electrons. The Morgan fingerprint density at radius 3 is 2.94 bits per heavy atom. The molecule has 0 unspecified atom stereocenters. The van der Waals surface area contributed by atoms with Crippen molar-refractivity contribution in [2.45, 2.75) is 6.54 Å². The lowest BCUT2D eigenvalue weighted by Crippen LogP contribution is -2.03. The third kappa shape index (κ3) is 2.51. The summed E-state index contributed by atoms with van der Waals surface area (Å²) in [6.45, 7) is 0.560. The quantitative estimate of drug-likeness (QED) is 0.829. The van der Waals surface area contributed by atoms with Crippen LogP contribution in [0.15, 0.2) is 36.9 Å². The molecule has 0 amide bonds. The smallest absolute Gasteiger partial charge is 0.127 e. The molecule has 0 saturated carbocycles. The first-order valence-electron chi connectivity index (χ1n) is 4.73.